The quantitative estimate of drug-likeness (QED) is 0.513. The Labute approximate surface area is 148 Å². The Morgan fingerprint density at radius 2 is 1.88 bits per heavy atom. The first kappa shape index (κ1) is 18.1. The van der Waals surface area contributed by atoms with Crippen LogP contribution in [0.25, 0.3) is 0 Å². The summed E-state index contributed by atoms with van der Waals surface area (Å²) < 4.78 is 18.2. The maximum Gasteiger partial charge on any atom is 0.171 e. The Bertz CT molecular complexity index is 532. The lowest BCUT2D eigenvalue weighted by atomic mass is 9.83. The zero-order valence-corrected chi connectivity index (χ0v) is 16.9. The Balaban J connectivity index is 1.75. The number of rotatable bonds is 8. The van der Waals surface area contributed by atoms with Crippen LogP contribution in [-0.2, 0) is 20.5 Å². The van der Waals surface area contributed by atoms with Crippen molar-refractivity contribution in [2.45, 2.75) is 71.6 Å². The van der Waals surface area contributed by atoms with Gasteiger partial charge in [-0.2, -0.15) is 0 Å². The minimum absolute atomic E-state index is 0.0723. The lowest BCUT2D eigenvalue weighted by Gasteiger charge is -2.34. The van der Waals surface area contributed by atoms with E-state index in [1.54, 1.807) is 0 Å². The molecule has 0 radical (unpaired) electrons. The number of ether oxygens (including phenoxy) is 2. The summed E-state index contributed by atoms with van der Waals surface area (Å²) in [4.78, 5) is 0. The van der Waals surface area contributed by atoms with Crippen LogP contribution >= 0.6 is 0 Å². The fraction of sp³-hybridized carbons (Fsp3) is 0.700. The third-order valence-electron chi connectivity index (χ3n) is 4.78. The summed E-state index contributed by atoms with van der Waals surface area (Å²) in [5, 5.41) is 0. The number of epoxide rings is 1. The second-order valence-corrected chi connectivity index (χ2v) is 11.0. The molecule has 2 unspecified atom stereocenters. The van der Waals surface area contributed by atoms with Gasteiger partial charge in [0.05, 0.1) is 25.4 Å². The van der Waals surface area contributed by atoms with Crippen LogP contribution in [-0.4, -0.2) is 27.9 Å². The van der Waals surface area contributed by atoms with E-state index in [9.17, 15) is 0 Å². The van der Waals surface area contributed by atoms with Crippen molar-refractivity contribution in [1.29, 1.82) is 0 Å². The van der Waals surface area contributed by atoms with Gasteiger partial charge in [0.15, 0.2) is 9.04 Å². The molecule has 3 atom stereocenters. The molecular weight excluding hydrogens is 316 g/mol. The highest BCUT2D eigenvalue weighted by atomic mass is 28.3. The summed E-state index contributed by atoms with van der Waals surface area (Å²) in [5.41, 5.74) is 2.62. The van der Waals surface area contributed by atoms with Crippen LogP contribution in [0.3, 0.4) is 0 Å². The molecule has 1 aromatic rings. The average Bonchev–Trinajstić information content (AvgIpc) is 3.37. The first-order valence-electron chi connectivity index (χ1n) is 9.32. The smallest absolute Gasteiger partial charge is 0.171 e. The Morgan fingerprint density at radius 3 is 2.42 bits per heavy atom. The maximum absolute atomic E-state index is 6.43. The van der Waals surface area contributed by atoms with Crippen LogP contribution < -0.4 is 0 Å². The van der Waals surface area contributed by atoms with Crippen LogP contribution in [0.5, 0.6) is 0 Å². The van der Waals surface area contributed by atoms with E-state index in [0.29, 0.717) is 18.6 Å². The highest BCUT2D eigenvalue weighted by Crippen LogP contribution is 2.41. The van der Waals surface area contributed by atoms with Crippen LogP contribution in [0.15, 0.2) is 24.3 Å². The summed E-state index contributed by atoms with van der Waals surface area (Å²) in [5.74, 6) is 0.711. The van der Waals surface area contributed by atoms with E-state index in [1.165, 1.54) is 24.0 Å². The minimum atomic E-state index is -1.13. The predicted molar refractivity (Wildman–Crippen MR) is 99.6 cm³/mol. The zero-order valence-electron chi connectivity index (χ0n) is 15.7. The molecule has 0 aromatic heterocycles. The van der Waals surface area contributed by atoms with Crippen molar-refractivity contribution in [3.63, 3.8) is 0 Å². The minimum Gasteiger partial charge on any atom is -0.413 e. The van der Waals surface area contributed by atoms with Gasteiger partial charge in [-0.15, -0.1) is 0 Å². The predicted octanol–water partition coefficient (Wildman–Crippen LogP) is 4.47. The molecule has 0 amide bonds. The van der Waals surface area contributed by atoms with Crippen molar-refractivity contribution < 1.29 is 13.9 Å². The largest absolute Gasteiger partial charge is 0.413 e. The maximum atomic E-state index is 6.43. The van der Waals surface area contributed by atoms with Crippen molar-refractivity contribution in [2.75, 3.05) is 6.61 Å². The van der Waals surface area contributed by atoms with Gasteiger partial charge in [-0.1, -0.05) is 45.0 Å². The molecule has 1 aliphatic carbocycles. The fourth-order valence-corrected chi connectivity index (χ4v) is 4.44. The van der Waals surface area contributed by atoms with Crippen LogP contribution in [0, 0.1) is 11.3 Å². The van der Waals surface area contributed by atoms with Crippen LogP contribution in [0.4, 0.5) is 0 Å². The summed E-state index contributed by atoms with van der Waals surface area (Å²) in [6.45, 7) is 12.8. The summed E-state index contributed by atoms with van der Waals surface area (Å²) >= 11 is 0. The Morgan fingerprint density at radius 1 is 1.21 bits per heavy atom. The number of hydrogen-bond donors (Lipinski definition) is 0. The van der Waals surface area contributed by atoms with Gasteiger partial charge < -0.3 is 13.9 Å². The normalized spacial score (nSPS) is 23.3. The summed E-state index contributed by atoms with van der Waals surface area (Å²) in [6, 6.07) is 8.63. The van der Waals surface area contributed by atoms with Crippen molar-refractivity contribution in [3.8, 4) is 0 Å². The van der Waals surface area contributed by atoms with E-state index in [2.05, 4.69) is 58.1 Å². The van der Waals surface area contributed by atoms with Gasteiger partial charge in [-0.25, -0.2) is 0 Å². The van der Waals surface area contributed by atoms with Gasteiger partial charge in [-0.05, 0) is 48.4 Å². The van der Waals surface area contributed by atoms with Gasteiger partial charge in [0, 0.05) is 0 Å². The third-order valence-corrected chi connectivity index (χ3v) is 5.59. The van der Waals surface area contributed by atoms with Crippen molar-refractivity contribution in [1.82, 2.24) is 0 Å². The van der Waals surface area contributed by atoms with Gasteiger partial charge in [0.1, 0.15) is 6.10 Å². The number of benzene rings is 1. The van der Waals surface area contributed by atoms with E-state index in [0.717, 1.165) is 6.61 Å². The third kappa shape index (κ3) is 4.69. The first-order valence-corrected chi connectivity index (χ1v) is 12.1. The highest BCUT2D eigenvalue weighted by molar-refractivity contribution is 6.48. The van der Waals surface area contributed by atoms with E-state index in [4.69, 9.17) is 13.9 Å². The van der Waals surface area contributed by atoms with Gasteiger partial charge in [0.25, 0.3) is 0 Å². The lowest BCUT2D eigenvalue weighted by molar-refractivity contribution is 0.00529. The molecule has 1 heterocycles. The molecule has 4 heteroatoms. The van der Waals surface area contributed by atoms with Gasteiger partial charge in [-0.3, -0.25) is 0 Å². The molecule has 1 aliphatic heterocycles. The molecular formula is C20H32O3Si. The zero-order chi connectivity index (χ0) is 17.3. The molecule has 1 saturated carbocycles. The summed E-state index contributed by atoms with van der Waals surface area (Å²) in [7, 11) is -1.13. The molecule has 1 aromatic carbocycles. The highest BCUT2D eigenvalue weighted by Gasteiger charge is 2.43. The van der Waals surface area contributed by atoms with E-state index in [1.807, 2.05) is 0 Å². The van der Waals surface area contributed by atoms with E-state index in [-0.39, 0.29) is 17.6 Å². The van der Waals surface area contributed by atoms with Crippen molar-refractivity contribution >= 4 is 9.04 Å². The molecule has 2 fully saturated rings. The van der Waals surface area contributed by atoms with Crippen LogP contribution in [0.2, 0.25) is 13.1 Å². The topological polar surface area (TPSA) is 31.0 Å². The first-order chi connectivity index (χ1) is 11.4. The molecule has 0 N–H and O–H groups in total. The Hall–Kier alpha value is -0.683. The number of hydrogen-bond acceptors (Lipinski definition) is 3. The molecule has 2 aliphatic rings. The Kier molecular flexibility index (Phi) is 5.50. The molecule has 0 bridgehead atoms. The summed E-state index contributed by atoms with van der Waals surface area (Å²) in [6.07, 6.45) is 3.33. The molecule has 0 spiro atoms. The molecule has 24 heavy (non-hydrogen) atoms. The average molecular weight is 349 g/mol. The van der Waals surface area contributed by atoms with Gasteiger partial charge >= 0.3 is 0 Å². The SMILES string of the molecule is C[SiH](C)OC(c1ccccc1COC(C1CC1)[C@H]1CO1)C(C)(C)C. The molecule has 3 nitrogen and oxygen atoms in total. The van der Waals surface area contributed by atoms with Crippen LogP contribution in [0.1, 0.15) is 50.8 Å². The fourth-order valence-electron chi connectivity index (χ4n) is 3.34. The van der Waals surface area contributed by atoms with Gasteiger partial charge in [0.2, 0.25) is 0 Å². The lowest BCUT2D eigenvalue weighted by Crippen LogP contribution is -2.27. The monoisotopic (exact) mass is 348 g/mol. The molecule has 134 valence electrons. The molecule has 1 saturated heterocycles. The van der Waals surface area contributed by atoms with E-state index < -0.39 is 9.04 Å². The van der Waals surface area contributed by atoms with Crippen molar-refractivity contribution in [2.24, 2.45) is 11.3 Å². The second kappa shape index (κ2) is 7.28. The second-order valence-electron chi connectivity index (χ2n) is 8.61. The van der Waals surface area contributed by atoms with E-state index >= 15 is 0 Å². The molecule has 3 rings (SSSR count). The van der Waals surface area contributed by atoms with Crippen molar-refractivity contribution in [3.05, 3.63) is 35.4 Å². The standard InChI is InChI=1S/C20H32O3Si/c1-20(2,3)19(23-24(4)5)16-9-7-6-8-15(16)12-22-18(14-10-11-14)17-13-21-17/h6-9,14,17-19,24H,10-13H2,1-5H3/t17-,18?,19?/m1/s1.